The fourth-order valence-corrected chi connectivity index (χ4v) is 8.76. The van der Waals surface area contributed by atoms with Crippen molar-refractivity contribution >= 4 is 62.3 Å². The molecular formula is C51H61ClF2N4O10S2. The summed E-state index contributed by atoms with van der Waals surface area (Å²) < 4.78 is 53.7. The summed E-state index contributed by atoms with van der Waals surface area (Å²) in [6, 6.07) is 7.13. The van der Waals surface area contributed by atoms with E-state index in [9.17, 15) is 29.4 Å². The quantitative estimate of drug-likeness (QED) is 0.102. The number of carboxylic acid groups (broad SMARTS) is 2. The Morgan fingerprint density at radius 3 is 1.41 bits per heavy atom. The molecule has 9 rings (SSSR count). The highest BCUT2D eigenvalue weighted by Crippen LogP contribution is 2.49. The Labute approximate surface area is 425 Å². The van der Waals surface area contributed by atoms with Gasteiger partial charge in [0, 0.05) is 36.9 Å². The van der Waals surface area contributed by atoms with Crippen molar-refractivity contribution in [2.75, 3.05) is 26.3 Å². The highest BCUT2D eigenvalue weighted by molar-refractivity contribution is 7.59. The van der Waals surface area contributed by atoms with Crippen LogP contribution in [0.4, 0.5) is 8.78 Å². The smallest absolute Gasteiger partial charge is 0.326 e. The number of hydrogen-bond donors (Lipinski definition) is 2. The van der Waals surface area contributed by atoms with Crippen LogP contribution in [0.2, 0.25) is 5.02 Å². The zero-order chi connectivity index (χ0) is 48.4. The second-order valence-electron chi connectivity index (χ2n) is 19.2. The van der Waals surface area contributed by atoms with Crippen molar-refractivity contribution in [1.82, 2.24) is 19.8 Å². The highest BCUT2D eigenvalue weighted by Gasteiger charge is 2.39. The zero-order valence-electron chi connectivity index (χ0n) is 39.6. The molecule has 5 aliphatic rings. The number of carboxylic acids is 2. The summed E-state index contributed by atoms with van der Waals surface area (Å²) in [6.07, 6.45) is 10.8. The van der Waals surface area contributed by atoms with Crippen LogP contribution in [0.25, 0.3) is 0 Å². The molecule has 14 nitrogen and oxygen atoms in total. The van der Waals surface area contributed by atoms with Crippen molar-refractivity contribution in [3.8, 4) is 34.8 Å². The molecule has 2 aromatic heterocycles. The van der Waals surface area contributed by atoms with Gasteiger partial charge in [0.2, 0.25) is 11.8 Å². The van der Waals surface area contributed by atoms with Crippen molar-refractivity contribution in [3.05, 3.63) is 93.3 Å². The number of aliphatic carboxylic acids is 2. The summed E-state index contributed by atoms with van der Waals surface area (Å²) in [4.78, 5) is 60.2. The number of benzene rings is 2. The van der Waals surface area contributed by atoms with Crippen LogP contribution in [-0.2, 0) is 9.59 Å². The monoisotopic (exact) mass is 1030 g/mol. The number of halogens is 3. The third kappa shape index (κ3) is 12.9. The Kier molecular flexibility index (Phi) is 18.0. The topological polar surface area (TPSA) is 178 Å². The third-order valence-electron chi connectivity index (χ3n) is 12.5. The van der Waals surface area contributed by atoms with Gasteiger partial charge in [0.05, 0.1) is 36.7 Å². The first-order valence-electron chi connectivity index (χ1n) is 23.6. The van der Waals surface area contributed by atoms with Gasteiger partial charge < -0.3 is 39.0 Å². The van der Waals surface area contributed by atoms with Crippen molar-refractivity contribution in [2.24, 2.45) is 11.8 Å². The van der Waals surface area contributed by atoms with E-state index in [1.165, 1.54) is 34.2 Å². The lowest BCUT2D eigenvalue weighted by Gasteiger charge is -2.22. The lowest BCUT2D eigenvalue weighted by Crippen LogP contribution is -2.40. The molecule has 2 amide bonds. The predicted octanol–water partition coefficient (Wildman–Crippen LogP) is 11.0. The van der Waals surface area contributed by atoms with Gasteiger partial charge in [0.15, 0.2) is 0 Å². The van der Waals surface area contributed by atoms with Gasteiger partial charge in [-0.15, -0.1) is 0 Å². The third-order valence-corrected chi connectivity index (χ3v) is 12.8. The average molecular weight is 1030 g/mol. The zero-order valence-corrected chi connectivity index (χ0v) is 42.4. The van der Waals surface area contributed by atoms with Gasteiger partial charge in [-0.2, -0.15) is 27.0 Å². The van der Waals surface area contributed by atoms with Crippen LogP contribution >= 0.6 is 38.6 Å². The Balaban J connectivity index is 0.000000224. The van der Waals surface area contributed by atoms with Crippen LogP contribution < -0.4 is 18.9 Å². The minimum Gasteiger partial charge on any atom is -0.480 e. The number of pyridine rings is 2. The minimum atomic E-state index is -1.08. The highest BCUT2D eigenvalue weighted by atomic mass is 35.5. The molecular weight excluding hydrogens is 966 g/mol. The van der Waals surface area contributed by atoms with E-state index in [2.05, 4.69) is 23.8 Å². The molecule has 19 heteroatoms. The molecule has 3 saturated carbocycles. The molecule has 70 heavy (non-hydrogen) atoms. The van der Waals surface area contributed by atoms with E-state index in [1.807, 2.05) is 19.9 Å². The fourth-order valence-electron chi connectivity index (χ4n) is 8.54. The Morgan fingerprint density at radius 2 is 1.01 bits per heavy atom. The van der Waals surface area contributed by atoms with Crippen molar-refractivity contribution in [1.29, 1.82) is 0 Å². The van der Waals surface area contributed by atoms with E-state index in [4.69, 9.17) is 30.5 Å². The normalized spacial score (nSPS) is 18.4. The number of carbonyl (C=O) groups is 4. The summed E-state index contributed by atoms with van der Waals surface area (Å²) in [5.74, 6) is -0.932. The Hall–Kier alpha value is -5.33. The molecule has 2 saturated heterocycles. The van der Waals surface area contributed by atoms with Crippen LogP contribution in [0.3, 0.4) is 0 Å². The molecule has 378 valence electrons. The first-order valence-corrected chi connectivity index (χ1v) is 23.9. The second kappa shape index (κ2) is 23.3. The first-order chi connectivity index (χ1) is 32.6. The number of amides is 2. The van der Waals surface area contributed by atoms with Crippen LogP contribution in [0.15, 0.2) is 48.8 Å². The second-order valence-corrected chi connectivity index (χ2v) is 19.6. The summed E-state index contributed by atoms with van der Waals surface area (Å²) in [5, 5.41) is 19.1. The molecule has 2 aromatic carbocycles. The van der Waals surface area contributed by atoms with Gasteiger partial charge in [-0.1, -0.05) is 39.3 Å². The van der Waals surface area contributed by atoms with Crippen LogP contribution in [0, 0.1) is 23.5 Å². The lowest BCUT2D eigenvalue weighted by molar-refractivity contribution is -0.142. The van der Waals surface area contributed by atoms with E-state index in [1.54, 1.807) is 18.3 Å². The molecule has 0 radical (unpaired) electrons. The number of rotatable bonds is 17. The van der Waals surface area contributed by atoms with Gasteiger partial charge in [-0.25, -0.2) is 28.3 Å². The van der Waals surface area contributed by atoms with Crippen LogP contribution in [0.1, 0.15) is 147 Å². The van der Waals surface area contributed by atoms with Crippen molar-refractivity contribution < 1.29 is 57.1 Å². The van der Waals surface area contributed by atoms with Crippen LogP contribution in [0.5, 0.6) is 34.8 Å². The molecule has 2 N–H and O–H groups in total. The van der Waals surface area contributed by atoms with Gasteiger partial charge in [-0.3, -0.25) is 9.59 Å². The minimum absolute atomic E-state index is 0. The van der Waals surface area contributed by atoms with Crippen molar-refractivity contribution in [3.63, 3.8) is 0 Å². The van der Waals surface area contributed by atoms with E-state index in [0.29, 0.717) is 104 Å². The Morgan fingerprint density at radius 1 is 0.614 bits per heavy atom. The summed E-state index contributed by atoms with van der Waals surface area (Å²) in [7, 11) is 0. The molecule has 5 fully saturated rings. The molecule has 2 atom stereocenters. The summed E-state index contributed by atoms with van der Waals surface area (Å²) >= 11 is 6.26. The predicted molar refractivity (Wildman–Crippen MR) is 267 cm³/mol. The van der Waals surface area contributed by atoms with Gasteiger partial charge >= 0.3 is 11.9 Å². The first kappa shape index (κ1) is 54.0. The number of nitrogens with zero attached hydrogens (tertiary/aromatic N) is 4. The SMILES string of the molecule is CC(C)COc1ncc(Oc2cc(F)c(C(=O)N3CCC[C@H]3C(=O)O)cc2C2CC2)cc1C1CC1.CC(C)COc1ncc(Oc2cc(F)c(C(=O)N3CCC[C@H]3C(=O)O)cc2C2CC2)cc1Cl.S.S. The molecule has 3 aliphatic carbocycles. The standard InChI is InChI=1S/C27H31FN2O5.C24H26ClFN2O5.2H2S/c1-15(2)14-34-25-20(17-7-8-17)10-18(13-29-25)35-24-12-22(28)21(11-19(24)16-5-6-16)26(31)30-9-3-4-23(30)27(32)33;1-13(2)12-32-22-18(25)8-15(11-27-22)33-21-10-19(26)17(9-16(21)14-5-6-14)23(29)28-7-3-4-20(28)24(30)31;;/h10-13,15-17,23H,3-9,14H2,1-2H3,(H,32,33);8-11,13-14,20H,3-7,12H2,1-2H3,(H,30,31);2*1H2/t23-;20-;;/m00../s1. The van der Waals surface area contributed by atoms with Gasteiger partial charge in [-0.05, 0) is 123 Å². The van der Waals surface area contributed by atoms with Gasteiger partial charge in [0.1, 0.15) is 51.7 Å². The van der Waals surface area contributed by atoms with Gasteiger partial charge in [0.25, 0.3) is 11.8 Å². The molecule has 0 unspecified atom stereocenters. The summed E-state index contributed by atoms with van der Waals surface area (Å²) in [6.45, 7) is 9.86. The average Bonchev–Trinajstić information content (AvgIpc) is 4.24. The summed E-state index contributed by atoms with van der Waals surface area (Å²) in [5.41, 5.74) is 2.26. The molecule has 2 aliphatic heterocycles. The van der Waals surface area contributed by atoms with E-state index >= 15 is 8.78 Å². The lowest BCUT2D eigenvalue weighted by atomic mass is 10.0. The maximum atomic E-state index is 15.2. The van der Waals surface area contributed by atoms with E-state index in [0.717, 1.165) is 49.7 Å². The maximum absolute atomic E-state index is 15.2. The fraction of sp³-hybridized carbons (Fsp3) is 0.490. The van der Waals surface area contributed by atoms with E-state index in [-0.39, 0.29) is 60.7 Å². The number of ether oxygens (including phenoxy) is 4. The maximum Gasteiger partial charge on any atom is 0.326 e. The largest absolute Gasteiger partial charge is 0.480 e. The van der Waals surface area contributed by atoms with Crippen molar-refractivity contribution in [2.45, 2.75) is 122 Å². The number of carbonyl (C=O) groups excluding carboxylic acids is 2. The van der Waals surface area contributed by atoms with Crippen LogP contribution in [-0.4, -0.2) is 92.1 Å². The number of hydrogen-bond acceptors (Lipinski definition) is 10. The molecule has 0 spiro atoms. The Bertz CT molecular complexity index is 2580. The molecule has 4 heterocycles. The number of likely N-dealkylation sites (tertiary alicyclic amines) is 2. The van der Waals surface area contributed by atoms with E-state index < -0.39 is 47.5 Å². The molecule has 0 bridgehead atoms. The molecule has 4 aromatic rings. The number of aromatic nitrogens is 2.